The fraction of sp³-hybridized carbons (Fsp3) is 0.538. The van der Waals surface area contributed by atoms with Crippen molar-refractivity contribution in [3.05, 3.63) is 35.9 Å². The Kier molecular flexibility index (Phi) is 5.62. The summed E-state index contributed by atoms with van der Waals surface area (Å²) >= 11 is 0. The van der Waals surface area contributed by atoms with Gasteiger partial charge in [0, 0.05) is 6.54 Å². The van der Waals surface area contributed by atoms with Crippen molar-refractivity contribution in [2.24, 2.45) is 5.73 Å². The largest absolute Gasteiger partial charge is 0.404 e. The van der Waals surface area contributed by atoms with Gasteiger partial charge in [-0.25, -0.2) is 0 Å². The van der Waals surface area contributed by atoms with Gasteiger partial charge in [-0.3, -0.25) is 4.90 Å². The molecule has 0 spiro atoms. The van der Waals surface area contributed by atoms with Crippen molar-refractivity contribution in [3.63, 3.8) is 0 Å². The van der Waals surface area contributed by atoms with Gasteiger partial charge in [0.2, 0.25) is 0 Å². The Labute approximate surface area is 106 Å². The molecule has 2 nitrogen and oxygen atoms in total. The zero-order valence-electron chi connectivity index (χ0n) is 10.5. The number of rotatable bonds is 6. The molecule has 0 radical (unpaired) electrons. The summed E-state index contributed by atoms with van der Waals surface area (Å²) in [6.07, 6.45) is -3.67. The van der Waals surface area contributed by atoms with Crippen molar-refractivity contribution in [1.29, 1.82) is 0 Å². The molecule has 0 bridgehead atoms. The second-order valence-corrected chi connectivity index (χ2v) is 4.35. The molecule has 1 atom stereocenters. The summed E-state index contributed by atoms with van der Waals surface area (Å²) in [5.74, 6) is 0. The average Bonchev–Trinajstić information content (AvgIpc) is 2.33. The van der Waals surface area contributed by atoms with Gasteiger partial charge < -0.3 is 5.73 Å². The van der Waals surface area contributed by atoms with Gasteiger partial charge in [0.05, 0.1) is 0 Å². The van der Waals surface area contributed by atoms with Crippen LogP contribution in [0.2, 0.25) is 0 Å². The fourth-order valence-electron chi connectivity index (χ4n) is 1.90. The Hall–Kier alpha value is -1.07. The van der Waals surface area contributed by atoms with Gasteiger partial charge in [-0.05, 0) is 32.0 Å². The Morgan fingerprint density at radius 3 is 2.33 bits per heavy atom. The third-order valence-electron chi connectivity index (χ3n) is 2.95. The molecule has 1 unspecified atom stereocenters. The molecule has 0 aliphatic rings. The second-order valence-electron chi connectivity index (χ2n) is 4.35. The van der Waals surface area contributed by atoms with E-state index in [4.69, 9.17) is 5.73 Å². The summed E-state index contributed by atoms with van der Waals surface area (Å²) in [5, 5.41) is 0. The van der Waals surface area contributed by atoms with Crippen LogP contribution in [0.3, 0.4) is 0 Å². The van der Waals surface area contributed by atoms with Crippen LogP contribution in [0.4, 0.5) is 13.2 Å². The SMILES string of the molecule is CN(CCc1ccccc1)C(CCN)C(F)(F)F. The van der Waals surface area contributed by atoms with E-state index in [-0.39, 0.29) is 13.0 Å². The molecule has 0 heterocycles. The minimum absolute atomic E-state index is 0.0415. The maximum absolute atomic E-state index is 12.8. The van der Waals surface area contributed by atoms with Crippen molar-refractivity contribution in [2.45, 2.75) is 25.1 Å². The van der Waals surface area contributed by atoms with Crippen molar-refractivity contribution < 1.29 is 13.2 Å². The summed E-state index contributed by atoms with van der Waals surface area (Å²) < 4.78 is 38.4. The fourth-order valence-corrected chi connectivity index (χ4v) is 1.90. The molecule has 0 fully saturated rings. The predicted octanol–water partition coefficient (Wildman–Crippen LogP) is 2.44. The van der Waals surface area contributed by atoms with E-state index in [1.807, 2.05) is 30.3 Å². The van der Waals surface area contributed by atoms with Crippen LogP contribution in [-0.2, 0) is 6.42 Å². The smallest absolute Gasteiger partial charge is 0.330 e. The summed E-state index contributed by atoms with van der Waals surface area (Å²) in [4.78, 5) is 1.33. The monoisotopic (exact) mass is 260 g/mol. The Morgan fingerprint density at radius 2 is 1.83 bits per heavy atom. The number of hydrogen-bond acceptors (Lipinski definition) is 2. The summed E-state index contributed by atoms with van der Waals surface area (Å²) in [6, 6.07) is 8.04. The number of nitrogens with zero attached hydrogens (tertiary/aromatic N) is 1. The first-order valence-corrected chi connectivity index (χ1v) is 5.96. The second kappa shape index (κ2) is 6.75. The van der Waals surface area contributed by atoms with E-state index in [0.29, 0.717) is 13.0 Å². The molecule has 0 saturated carbocycles. The van der Waals surface area contributed by atoms with E-state index in [0.717, 1.165) is 5.56 Å². The van der Waals surface area contributed by atoms with Crippen molar-refractivity contribution in [3.8, 4) is 0 Å². The van der Waals surface area contributed by atoms with Gasteiger partial charge in [-0.15, -0.1) is 0 Å². The molecule has 0 aliphatic carbocycles. The third kappa shape index (κ3) is 4.66. The Morgan fingerprint density at radius 1 is 1.22 bits per heavy atom. The number of alkyl halides is 3. The van der Waals surface area contributed by atoms with Gasteiger partial charge in [0.1, 0.15) is 6.04 Å². The van der Waals surface area contributed by atoms with Gasteiger partial charge in [0.15, 0.2) is 0 Å². The number of benzene rings is 1. The van der Waals surface area contributed by atoms with Crippen LogP contribution in [0.1, 0.15) is 12.0 Å². The van der Waals surface area contributed by atoms with Gasteiger partial charge in [0.25, 0.3) is 0 Å². The van der Waals surface area contributed by atoms with Crippen LogP contribution in [0.15, 0.2) is 30.3 Å². The highest BCUT2D eigenvalue weighted by Gasteiger charge is 2.41. The molecular weight excluding hydrogens is 241 g/mol. The quantitative estimate of drug-likeness (QED) is 0.851. The number of nitrogens with two attached hydrogens (primary N) is 1. The van der Waals surface area contributed by atoms with E-state index in [1.54, 1.807) is 0 Å². The van der Waals surface area contributed by atoms with Gasteiger partial charge >= 0.3 is 6.18 Å². The van der Waals surface area contributed by atoms with E-state index in [1.165, 1.54) is 11.9 Å². The van der Waals surface area contributed by atoms with Crippen LogP contribution >= 0.6 is 0 Å². The molecule has 1 aromatic carbocycles. The van der Waals surface area contributed by atoms with Crippen LogP contribution in [0.5, 0.6) is 0 Å². The lowest BCUT2D eigenvalue weighted by atomic mass is 10.1. The molecule has 1 rings (SSSR count). The standard InChI is InChI=1S/C13H19F3N2/c1-18(12(7-9-17)13(14,15)16)10-8-11-5-3-2-4-6-11/h2-6,12H,7-10,17H2,1H3. The predicted molar refractivity (Wildman–Crippen MR) is 66.3 cm³/mol. The molecule has 0 aromatic heterocycles. The normalized spacial score (nSPS) is 13.9. The molecule has 5 heteroatoms. The Balaban J connectivity index is 2.54. The van der Waals surface area contributed by atoms with Crippen molar-refractivity contribution in [2.75, 3.05) is 20.1 Å². The first kappa shape index (κ1) is 15.0. The van der Waals surface area contributed by atoms with E-state index in [9.17, 15) is 13.2 Å². The van der Waals surface area contributed by atoms with Crippen molar-refractivity contribution in [1.82, 2.24) is 4.90 Å². The molecule has 1 aromatic rings. The van der Waals surface area contributed by atoms with E-state index >= 15 is 0 Å². The lowest BCUT2D eigenvalue weighted by Gasteiger charge is -2.29. The maximum atomic E-state index is 12.8. The molecular formula is C13H19F3N2. The zero-order chi connectivity index (χ0) is 13.6. The number of halogens is 3. The lowest BCUT2D eigenvalue weighted by molar-refractivity contribution is -0.181. The average molecular weight is 260 g/mol. The zero-order valence-corrected chi connectivity index (χ0v) is 10.5. The van der Waals surface area contributed by atoms with E-state index < -0.39 is 12.2 Å². The molecule has 0 amide bonds. The highest BCUT2D eigenvalue weighted by atomic mass is 19.4. The summed E-state index contributed by atoms with van der Waals surface area (Å²) in [6.45, 7) is 0.411. The van der Waals surface area contributed by atoms with Crippen LogP contribution in [0.25, 0.3) is 0 Å². The first-order chi connectivity index (χ1) is 8.45. The minimum Gasteiger partial charge on any atom is -0.330 e. The summed E-state index contributed by atoms with van der Waals surface area (Å²) in [5.41, 5.74) is 6.28. The Bertz CT molecular complexity index is 338. The molecule has 0 saturated heterocycles. The first-order valence-electron chi connectivity index (χ1n) is 5.96. The van der Waals surface area contributed by atoms with Crippen molar-refractivity contribution >= 4 is 0 Å². The maximum Gasteiger partial charge on any atom is 0.404 e. The molecule has 2 N–H and O–H groups in total. The molecule has 102 valence electrons. The topological polar surface area (TPSA) is 29.3 Å². The lowest BCUT2D eigenvalue weighted by Crippen LogP contribution is -2.45. The number of hydrogen-bond donors (Lipinski definition) is 1. The van der Waals surface area contributed by atoms with Gasteiger partial charge in [-0.1, -0.05) is 30.3 Å². The molecule has 18 heavy (non-hydrogen) atoms. The van der Waals surface area contributed by atoms with Gasteiger partial charge in [-0.2, -0.15) is 13.2 Å². The van der Waals surface area contributed by atoms with Crippen LogP contribution in [0, 0.1) is 0 Å². The number of likely N-dealkylation sites (N-methyl/N-ethyl adjacent to an activating group) is 1. The molecule has 0 aliphatic heterocycles. The minimum atomic E-state index is -4.22. The highest BCUT2D eigenvalue weighted by Crippen LogP contribution is 2.26. The van der Waals surface area contributed by atoms with Crippen LogP contribution in [-0.4, -0.2) is 37.3 Å². The van der Waals surface area contributed by atoms with E-state index in [2.05, 4.69) is 0 Å². The third-order valence-corrected chi connectivity index (χ3v) is 2.95. The highest BCUT2D eigenvalue weighted by molar-refractivity contribution is 5.14. The van der Waals surface area contributed by atoms with Crippen LogP contribution < -0.4 is 5.73 Å². The summed E-state index contributed by atoms with van der Waals surface area (Å²) in [7, 11) is 1.50.